The third-order valence-electron chi connectivity index (χ3n) is 2.95. The number of nitrogens with zero attached hydrogens (tertiary/aromatic N) is 1. The summed E-state index contributed by atoms with van der Waals surface area (Å²) < 4.78 is 5.33. The van der Waals surface area contributed by atoms with E-state index in [2.05, 4.69) is 11.4 Å². The maximum Gasteiger partial charge on any atom is 0.187 e. The molecule has 1 N–H and O–H groups in total. The lowest BCUT2D eigenvalue weighted by Crippen LogP contribution is -1.97. The van der Waals surface area contributed by atoms with E-state index in [0.29, 0.717) is 17.7 Å². The number of carbonyl (C=O) groups is 1. The highest BCUT2D eigenvalue weighted by molar-refractivity contribution is 6.04. The van der Waals surface area contributed by atoms with Gasteiger partial charge in [-0.3, -0.25) is 4.79 Å². The van der Waals surface area contributed by atoms with Gasteiger partial charge in [0.1, 0.15) is 5.75 Å². The first-order valence-corrected chi connectivity index (χ1v) is 6.93. The van der Waals surface area contributed by atoms with E-state index in [4.69, 9.17) is 10.00 Å². The van der Waals surface area contributed by atoms with Crippen molar-refractivity contribution in [3.8, 4) is 11.8 Å². The minimum Gasteiger partial charge on any atom is -0.494 e. The fraction of sp³-hybridized carbons (Fsp3) is 0.111. The fourth-order valence-electron chi connectivity index (χ4n) is 1.83. The second-order valence-electron chi connectivity index (χ2n) is 4.49. The van der Waals surface area contributed by atoms with Crippen molar-refractivity contribution in [1.82, 2.24) is 0 Å². The van der Waals surface area contributed by atoms with Gasteiger partial charge in [-0.2, -0.15) is 5.26 Å². The standard InChI is InChI=1S/C18H16N2O2/c1-2-22-17-9-5-15(6-10-17)18(21)11-12-20-16-7-3-14(13-19)4-8-16/h3-12,20H,2H2,1H3/b12-11+. The lowest BCUT2D eigenvalue weighted by molar-refractivity contribution is 0.104. The van der Waals surface area contributed by atoms with Gasteiger partial charge in [-0.1, -0.05) is 0 Å². The largest absolute Gasteiger partial charge is 0.494 e. The van der Waals surface area contributed by atoms with Gasteiger partial charge in [0.2, 0.25) is 0 Å². The molecule has 0 spiro atoms. The average Bonchev–Trinajstić information content (AvgIpc) is 2.56. The first kappa shape index (κ1) is 15.3. The number of allylic oxidation sites excluding steroid dienone is 1. The molecule has 0 amide bonds. The van der Waals surface area contributed by atoms with Crippen LogP contribution in [0.1, 0.15) is 22.8 Å². The number of rotatable bonds is 6. The van der Waals surface area contributed by atoms with Gasteiger partial charge in [0.05, 0.1) is 18.2 Å². The van der Waals surface area contributed by atoms with Crippen LogP contribution >= 0.6 is 0 Å². The van der Waals surface area contributed by atoms with Crippen LogP contribution in [0.3, 0.4) is 0 Å². The van der Waals surface area contributed by atoms with Crippen molar-refractivity contribution in [3.05, 3.63) is 71.9 Å². The number of ketones is 1. The van der Waals surface area contributed by atoms with E-state index < -0.39 is 0 Å². The Hall–Kier alpha value is -3.06. The third kappa shape index (κ3) is 4.22. The monoisotopic (exact) mass is 292 g/mol. The van der Waals surface area contributed by atoms with Crippen LogP contribution in [0.4, 0.5) is 5.69 Å². The number of hydrogen-bond acceptors (Lipinski definition) is 4. The predicted molar refractivity (Wildman–Crippen MR) is 85.9 cm³/mol. The van der Waals surface area contributed by atoms with Crippen LogP contribution < -0.4 is 10.1 Å². The molecule has 2 aromatic rings. The van der Waals surface area contributed by atoms with Crippen LogP contribution in [-0.4, -0.2) is 12.4 Å². The summed E-state index contributed by atoms with van der Waals surface area (Å²) in [6.07, 6.45) is 3.05. The SMILES string of the molecule is CCOc1ccc(C(=O)/C=C/Nc2ccc(C#N)cc2)cc1. The normalized spacial score (nSPS) is 10.2. The van der Waals surface area contributed by atoms with Crippen LogP contribution in [0.15, 0.2) is 60.8 Å². The Bertz CT molecular complexity index is 695. The van der Waals surface area contributed by atoms with Crippen molar-refractivity contribution >= 4 is 11.5 Å². The summed E-state index contributed by atoms with van der Waals surface area (Å²) in [6, 6.07) is 16.1. The van der Waals surface area contributed by atoms with E-state index in [1.165, 1.54) is 6.08 Å². The Kier molecular flexibility index (Phi) is 5.33. The summed E-state index contributed by atoms with van der Waals surface area (Å²) in [5, 5.41) is 11.7. The maximum absolute atomic E-state index is 12.0. The zero-order valence-electron chi connectivity index (χ0n) is 12.2. The van der Waals surface area contributed by atoms with E-state index in [-0.39, 0.29) is 5.78 Å². The fourth-order valence-corrected chi connectivity index (χ4v) is 1.83. The molecule has 0 radical (unpaired) electrons. The minimum absolute atomic E-state index is 0.0933. The predicted octanol–water partition coefficient (Wildman–Crippen LogP) is 3.77. The molecule has 2 aromatic carbocycles. The Balaban J connectivity index is 1.94. The quantitative estimate of drug-likeness (QED) is 0.650. The Morgan fingerprint density at radius 2 is 1.86 bits per heavy atom. The van der Waals surface area contributed by atoms with Crippen molar-refractivity contribution in [1.29, 1.82) is 5.26 Å². The van der Waals surface area contributed by atoms with E-state index in [1.54, 1.807) is 54.7 Å². The molecule has 0 bridgehead atoms. The molecule has 0 aromatic heterocycles. The van der Waals surface area contributed by atoms with E-state index in [1.807, 2.05) is 6.92 Å². The second-order valence-corrected chi connectivity index (χ2v) is 4.49. The van der Waals surface area contributed by atoms with Gasteiger partial charge >= 0.3 is 0 Å². The van der Waals surface area contributed by atoms with Crippen molar-refractivity contribution in [2.75, 3.05) is 11.9 Å². The highest BCUT2D eigenvalue weighted by atomic mass is 16.5. The van der Waals surface area contributed by atoms with Crippen molar-refractivity contribution < 1.29 is 9.53 Å². The lowest BCUT2D eigenvalue weighted by Gasteiger charge is -2.03. The molecule has 0 aliphatic heterocycles. The summed E-state index contributed by atoms with van der Waals surface area (Å²) in [5.74, 6) is 0.655. The number of nitrogens with one attached hydrogen (secondary N) is 1. The molecular weight excluding hydrogens is 276 g/mol. The molecule has 0 aliphatic carbocycles. The van der Waals surface area contributed by atoms with Gasteiger partial charge in [-0.15, -0.1) is 0 Å². The molecule has 0 saturated heterocycles. The molecule has 0 heterocycles. The summed E-state index contributed by atoms with van der Waals surface area (Å²) >= 11 is 0. The number of ether oxygens (including phenoxy) is 1. The summed E-state index contributed by atoms with van der Waals surface area (Å²) in [6.45, 7) is 2.51. The van der Waals surface area contributed by atoms with Gasteiger partial charge in [0.25, 0.3) is 0 Å². The maximum atomic E-state index is 12.0. The van der Waals surface area contributed by atoms with Crippen LogP contribution in [0.25, 0.3) is 0 Å². The number of carbonyl (C=O) groups excluding carboxylic acids is 1. The summed E-state index contributed by atoms with van der Waals surface area (Å²) in [7, 11) is 0. The smallest absolute Gasteiger partial charge is 0.187 e. The van der Waals surface area contributed by atoms with Gasteiger partial charge < -0.3 is 10.1 Å². The first-order valence-electron chi connectivity index (χ1n) is 6.93. The van der Waals surface area contributed by atoms with Gasteiger partial charge in [0.15, 0.2) is 5.78 Å². The zero-order chi connectivity index (χ0) is 15.8. The van der Waals surface area contributed by atoms with E-state index >= 15 is 0 Å². The molecule has 2 rings (SSSR count). The van der Waals surface area contributed by atoms with E-state index in [0.717, 1.165) is 11.4 Å². The van der Waals surface area contributed by atoms with Gasteiger partial charge in [0, 0.05) is 23.5 Å². The Morgan fingerprint density at radius 1 is 1.18 bits per heavy atom. The first-order chi connectivity index (χ1) is 10.7. The number of benzene rings is 2. The van der Waals surface area contributed by atoms with Crippen molar-refractivity contribution in [2.24, 2.45) is 0 Å². The van der Waals surface area contributed by atoms with Gasteiger partial charge in [-0.25, -0.2) is 0 Å². The van der Waals surface area contributed by atoms with Crippen LogP contribution in [0.5, 0.6) is 5.75 Å². The van der Waals surface area contributed by atoms with Crippen LogP contribution in [-0.2, 0) is 0 Å². The molecule has 0 unspecified atom stereocenters. The number of anilines is 1. The van der Waals surface area contributed by atoms with Gasteiger partial charge in [-0.05, 0) is 55.5 Å². The molecule has 0 fully saturated rings. The molecule has 0 aliphatic rings. The molecule has 4 nitrogen and oxygen atoms in total. The van der Waals surface area contributed by atoms with Crippen LogP contribution in [0, 0.1) is 11.3 Å². The van der Waals surface area contributed by atoms with E-state index in [9.17, 15) is 4.79 Å². The zero-order valence-corrected chi connectivity index (χ0v) is 12.2. The van der Waals surface area contributed by atoms with Crippen LogP contribution in [0.2, 0.25) is 0 Å². The average molecular weight is 292 g/mol. The number of nitriles is 1. The Labute approximate surface area is 129 Å². The Morgan fingerprint density at radius 3 is 2.45 bits per heavy atom. The molecule has 4 heteroatoms. The van der Waals surface area contributed by atoms with Crippen molar-refractivity contribution in [2.45, 2.75) is 6.92 Å². The second kappa shape index (κ2) is 7.65. The molecule has 0 saturated carbocycles. The molecule has 110 valence electrons. The third-order valence-corrected chi connectivity index (χ3v) is 2.95. The molecular formula is C18H16N2O2. The minimum atomic E-state index is -0.0933. The van der Waals surface area contributed by atoms with Crippen molar-refractivity contribution in [3.63, 3.8) is 0 Å². The summed E-state index contributed by atoms with van der Waals surface area (Å²) in [4.78, 5) is 12.0. The molecule has 22 heavy (non-hydrogen) atoms. The number of hydrogen-bond donors (Lipinski definition) is 1. The topological polar surface area (TPSA) is 62.1 Å². The highest BCUT2D eigenvalue weighted by Gasteiger charge is 2.01. The lowest BCUT2D eigenvalue weighted by atomic mass is 10.1. The molecule has 0 atom stereocenters. The summed E-state index contributed by atoms with van der Waals surface area (Å²) in [5.41, 5.74) is 2.01. The highest BCUT2D eigenvalue weighted by Crippen LogP contribution is 2.13.